The lowest BCUT2D eigenvalue weighted by atomic mass is 10.3. The van der Waals surface area contributed by atoms with E-state index in [2.05, 4.69) is 9.97 Å². The molecular weight excluding hydrogens is 166 g/mol. The van der Waals surface area contributed by atoms with E-state index in [1.165, 1.54) is 6.33 Å². The summed E-state index contributed by atoms with van der Waals surface area (Å²) in [6.45, 7) is 1.90. The maximum Gasteiger partial charge on any atom is 0.231 e. The van der Waals surface area contributed by atoms with Gasteiger partial charge in [0, 0.05) is 14.1 Å². The third kappa shape index (κ3) is 1.24. The number of rotatable bonds is 1. The van der Waals surface area contributed by atoms with Crippen molar-refractivity contribution < 1.29 is 4.42 Å². The third-order valence-corrected chi connectivity index (χ3v) is 1.86. The average Bonchev–Trinajstić information content (AvgIpc) is 2.43. The maximum atomic E-state index is 5.38. The number of aromatic nitrogens is 2. The van der Waals surface area contributed by atoms with Crippen molar-refractivity contribution in [2.45, 2.75) is 6.92 Å². The van der Waals surface area contributed by atoms with Crippen LogP contribution in [0.1, 0.15) is 5.76 Å². The Morgan fingerprint density at radius 2 is 2.08 bits per heavy atom. The zero-order valence-electron chi connectivity index (χ0n) is 7.90. The largest absolute Gasteiger partial charge is 0.443 e. The van der Waals surface area contributed by atoms with Crippen molar-refractivity contribution >= 4 is 16.9 Å². The van der Waals surface area contributed by atoms with Crippen molar-refractivity contribution in [3.05, 3.63) is 18.2 Å². The predicted molar refractivity (Wildman–Crippen MR) is 50.9 cm³/mol. The van der Waals surface area contributed by atoms with Crippen LogP contribution in [0, 0.1) is 6.92 Å². The summed E-state index contributed by atoms with van der Waals surface area (Å²) in [4.78, 5) is 10.2. The maximum absolute atomic E-state index is 5.38. The topological polar surface area (TPSA) is 42.2 Å². The van der Waals surface area contributed by atoms with E-state index in [-0.39, 0.29) is 0 Å². The quantitative estimate of drug-likeness (QED) is 0.663. The average molecular weight is 177 g/mol. The van der Waals surface area contributed by atoms with Crippen LogP contribution in [0.3, 0.4) is 0 Å². The standard InChI is InChI=1S/C9H11N3O/c1-6-4-7-8(12(2)3)10-5-11-9(7)13-6/h4-5H,1-3H3. The summed E-state index contributed by atoms with van der Waals surface area (Å²) in [6.07, 6.45) is 1.51. The molecule has 2 heterocycles. The van der Waals surface area contributed by atoms with E-state index in [1.807, 2.05) is 32.0 Å². The van der Waals surface area contributed by atoms with E-state index in [0.717, 1.165) is 17.0 Å². The fourth-order valence-corrected chi connectivity index (χ4v) is 1.32. The SMILES string of the molecule is Cc1cc2c(N(C)C)ncnc2o1. The molecule has 4 nitrogen and oxygen atoms in total. The lowest BCUT2D eigenvalue weighted by Gasteiger charge is -2.10. The Labute approximate surface area is 76.2 Å². The minimum Gasteiger partial charge on any atom is -0.443 e. The molecule has 0 amide bonds. The molecule has 0 unspecified atom stereocenters. The Morgan fingerprint density at radius 1 is 1.31 bits per heavy atom. The Kier molecular flexibility index (Phi) is 1.69. The first-order chi connectivity index (χ1) is 6.18. The fraction of sp³-hybridized carbons (Fsp3) is 0.333. The molecule has 0 fully saturated rings. The number of hydrogen-bond acceptors (Lipinski definition) is 4. The van der Waals surface area contributed by atoms with Gasteiger partial charge in [-0.05, 0) is 13.0 Å². The molecule has 0 radical (unpaired) electrons. The van der Waals surface area contributed by atoms with Crippen LogP contribution in [-0.2, 0) is 0 Å². The minimum absolute atomic E-state index is 0.649. The first-order valence-corrected chi connectivity index (χ1v) is 4.07. The molecule has 0 bridgehead atoms. The van der Waals surface area contributed by atoms with Gasteiger partial charge in [-0.1, -0.05) is 0 Å². The van der Waals surface area contributed by atoms with Gasteiger partial charge in [0.05, 0.1) is 5.39 Å². The Morgan fingerprint density at radius 3 is 2.77 bits per heavy atom. The molecule has 0 saturated heterocycles. The van der Waals surface area contributed by atoms with Crippen LogP contribution in [0.15, 0.2) is 16.8 Å². The molecule has 0 aliphatic rings. The van der Waals surface area contributed by atoms with E-state index < -0.39 is 0 Å². The highest BCUT2D eigenvalue weighted by atomic mass is 16.3. The van der Waals surface area contributed by atoms with Crippen LogP contribution < -0.4 is 4.90 Å². The molecule has 0 aliphatic heterocycles. The molecular formula is C9H11N3O. The van der Waals surface area contributed by atoms with Crippen LogP contribution >= 0.6 is 0 Å². The lowest BCUT2D eigenvalue weighted by Crippen LogP contribution is -2.10. The van der Waals surface area contributed by atoms with Gasteiger partial charge in [-0.25, -0.2) is 9.97 Å². The van der Waals surface area contributed by atoms with Crippen molar-refractivity contribution in [1.29, 1.82) is 0 Å². The van der Waals surface area contributed by atoms with Gasteiger partial charge in [0.1, 0.15) is 17.9 Å². The highest BCUT2D eigenvalue weighted by molar-refractivity contribution is 5.86. The van der Waals surface area contributed by atoms with Crippen molar-refractivity contribution in [3.63, 3.8) is 0 Å². The molecule has 0 N–H and O–H groups in total. The summed E-state index contributed by atoms with van der Waals surface area (Å²) in [5.41, 5.74) is 0.649. The van der Waals surface area contributed by atoms with Crippen LogP contribution in [0.5, 0.6) is 0 Å². The monoisotopic (exact) mass is 177 g/mol. The van der Waals surface area contributed by atoms with Gasteiger partial charge in [-0.3, -0.25) is 0 Å². The van der Waals surface area contributed by atoms with E-state index in [0.29, 0.717) is 5.71 Å². The third-order valence-electron chi connectivity index (χ3n) is 1.86. The van der Waals surface area contributed by atoms with Gasteiger partial charge in [0.25, 0.3) is 0 Å². The van der Waals surface area contributed by atoms with E-state index >= 15 is 0 Å². The van der Waals surface area contributed by atoms with Gasteiger partial charge in [0.2, 0.25) is 5.71 Å². The predicted octanol–water partition coefficient (Wildman–Crippen LogP) is 1.60. The van der Waals surface area contributed by atoms with E-state index in [1.54, 1.807) is 0 Å². The zero-order chi connectivity index (χ0) is 9.42. The van der Waals surface area contributed by atoms with Gasteiger partial charge < -0.3 is 9.32 Å². The number of furan rings is 1. The summed E-state index contributed by atoms with van der Waals surface area (Å²) in [7, 11) is 3.90. The summed E-state index contributed by atoms with van der Waals surface area (Å²) < 4.78 is 5.38. The number of aryl methyl sites for hydroxylation is 1. The van der Waals surface area contributed by atoms with Crippen LogP contribution in [-0.4, -0.2) is 24.1 Å². The molecule has 0 aliphatic carbocycles. The molecule has 2 aromatic heterocycles. The lowest BCUT2D eigenvalue weighted by molar-refractivity contribution is 0.567. The second-order valence-electron chi connectivity index (χ2n) is 3.17. The fourth-order valence-electron chi connectivity index (χ4n) is 1.32. The van der Waals surface area contributed by atoms with E-state index in [9.17, 15) is 0 Å². The van der Waals surface area contributed by atoms with Gasteiger partial charge in [-0.15, -0.1) is 0 Å². The van der Waals surface area contributed by atoms with Gasteiger partial charge in [0.15, 0.2) is 0 Å². The second kappa shape index (κ2) is 2.73. The van der Waals surface area contributed by atoms with Crippen LogP contribution in [0.4, 0.5) is 5.82 Å². The smallest absolute Gasteiger partial charge is 0.231 e. The second-order valence-corrected chi connectivity index (χ2v) is 3.17. The number of fused-ring (bicyclic) bond motifs is 1. The highest BCUT2D eigenvalue weighted by Crippen LogP contribution is 2.23. The van der Waals surface area contributed by atoms with Crippen molar-refractivity contribution in [2.75, 3.05) is 19.0 Å². The molecule has 13 heavy (non-hydrogen) atoms. The van der Waals surface area contributed by atoms with Crippen molar-refractivity contribution in [1.82, 2.24) is 9.97 Å². The summed E-state index contributed by atoms with van der Waals surface area (Å²) in [5, 5.41) is 0.963. The molecule has 0 atom stereocenters. The summed E-state index contributed by atoms with van der Waals surface area (Å²) in [6, 6.07) is 1.95. The highest BCUT2D eigenvalue weighted by Gasteiger charge is 2.08. The Hall–Kier alpha value is -1.58. The van der Waals surface area contributed by atoms with Crippen LogP contribution in [0.2, 0.25) is 0 Å². The molecule has 4 heteroatoms. The molecule has 0 saturated carbocycles. The molecule has 0 aromatic carbocycles. The molecule has 0 spiro atoms. The number of anilines is 1. The molecule has 2 rings (SSSR count). The Bertz CT molecular complexity index is 433. The first-order valence-electron chi connectivity index (χ1n) is 4.07. The number of nitrogens with zero attached hydrogens (tertiary/aromatic N) is 3. The number of hydrogen-bond donors (Lipinski definition) is 0. The Balaban J connectivity index is 2.75. The van der Waals surface area contributed by atoms with Crippen molar-refractivity contribution in [3.8, 4) is 0 Å². The van der Waals surface area contributed by atoms with Gasteiger partial charge in [-0.2, -0.15) is 0 Å². The minimum atomic E-state index is 0.649. The van der Waals surface area contributed by atoms with E-state index in [4.69, 9.17) is 4.42 Å². The zero-order valence-corrected chi connectivity index (χ0v) is 7.90. The van der Waals surface area contributed by atoms with Crippen LogP contribution in [0.25, 0.3) is 11.1 Å². The molecule has 2 aromatic rings. The normalized spacial score (nSPS) is 10.7. The first kappa shape index (κ1) is 8.04. The summed E-state index contributed by atoms with van der Waals surface area (Å²) in [5.74, 6) is 1.75. The molecule has 68 valence electrons. The summed E-state index contributed by atoms with van der Waals surface area (Å²) >= 11 is 0. The van der Waals surface area contributed by atoms with Gasteiger partial charge >= 0.3 is 0 Å². The van der Waals surface area contributed by atoms with Crippen molar-refractivity contribution in [2.24, 2.45) is 0 Å².